The molecular weight excluding hydrogens is 637 g/mol. The van der Waals surface area contributed by atoms with E-state index in [0.29, 0.717) is 11.8 Å². The number of aryl methyl sites for hydroxylation is 2. The standard InChI is InChI=1S/C47H54N4O/c1-8-11-19-34-24-25-48-45(26-34)50-42-21-13-12-20-39(42)40-23-22-37(30-44(40)50)52-38-28-35(31(4)5)27-36(29-38)51-43(16-10-3)47(41(49-51)15-9-2)46-32(6)17-14-18-33(46)7/h12-13,17,20-30,33,46H,4,8-11,14-16,18-19H2,1-3,5-7H3/t33-,46?/m0/s1. The number of fused-ring (bicyclic) bond motifs is 3. The van der Waals surface area contributed by atoms with Gasteiger partial charge in [-0.15, -0.1) is 0 Å². The van der Waals surface area contributed by atoms with Crippen molar-refractivity contribution in [2.24, 2.45) is 5.92 Å². The molecule has 0 radical (unpaired) electrons. The van der Waals surface area contributed by atoms with Crippen molar-refractivity contribution in [3.05, 3.63) is 125 Å². The highest BCUT2D eigenvalue weighted by atomic mass is 16.5. The second kappa shape index (κ2) is 15.4. The lowest BCUT2D eigenvalue weighted by molar-refractivity contribution is 0.445. The van der Waals surface area contributed by atoms with Crippen LogP contribution in [-0.4, -0.2) is 19.3 Å². The van der Waals surface area contributed by atoms with Crippen LogP contribution in [0.1, 0.15) is 114 Å². The van der Waals surface area contributed by atoms with E-state index in [1.165, 1.54) is 58.1 Å². The van der Waals surface area contributed by atoms with Crippen molar-refractivity contribution in [1.29, 1.82) is 0 Å². The molecule has 2 atom stereocenters. The molecule has 0 N–H and O–H groups in total. The molecule has 268 valence electrons. The lowest BCUT2D eigenvalue weighted by atomic mass is 9.74. The largest absolute Gasteiger partial charge is 0.457 e. The fourth-order valence-electron chi connectivity index (χ4n) is 8.34. The number of para-hydroxylation sites is 1. The van der Waals surface area contributed by atoms with Crippen molar-refractivity contribution in [3.8, 4) is 23.0 Å². The molecule has 1 aliphatic rings. The number of hydrogen-bond acceptors (Lipinski definition) is 3. The molecule has 0 fully saturated rings. The Morgan fingerprint density at radius 3 is 2.44 bits per heavy atom. The first-order valence-electron chi connectivity index (χ1n) is 19.6. The summed E-state index contributed by atoms with van der Waals surface area (Å²) in [4.78, 5) is 4.87. The Balaban J connectivity index is 1.34. The highest BCUT2D eigenvalue weighted by Gasteiger charge is 2.31. The van der Waals surface area contributed by atoms with Gasteiger partial charge in [0, 0.05) is 46.3 Å². The fourth-order valence-corrected chi connectivity index (χ4v) is 8.34. The molecule has 3 heterocycles. The summed E-state index contributed by atoms with van der Waals surface area (Å²) in [6.07, 6.45) is 14.2. The first kappa shape index (κ1) is 35.5. The molecular formula is C47H54N4O. The molecule has 1 unspecified atom stereocenters. The van der Waals surface area contributed by atoms with Crippen LogP contribution in [0.4, 0.5) is 0 Å². The molecule has 5 heteroatoms. The van der Waals surface area contributed by atoms with Gasteiger partial charge >= 0.3 is 0 Å². The maximum atomic E-state index is 6.81. The molecule has 0 amide bonds. The Bertz CT molecular complexity index is 2270. The van der Waals surface area contributed by atoms with Crippen LogP contribution in [-0.2, 0) is 19.3 Å². The van der Waals surface area contributed by atoms with Gasteiger partial charge in [0.1, 0.15) is 17.3 Å². The van der Waals surface area contributed by atoms with E-state index in [4.69, 9.17) is 14.8 Å². The van der Waals surface area contributed by atoms with Gasteiger partial charge in [-0.2, -0.15) is 5.10 Å². The monoisotopic (exact) mass is 690 g/mol. The SMILES string of the molecule is C=C(C)c1cc(Oc2ccc3c4ccccc4n(-c4cc(CCCC)ccn4)c3c2)cc(-n2nc(CCC)c(C3C(C)=CCC[C@@H]3C)c2CCC)c1. The predicted molar refractivity (Wildman–Crippen MR) is 218 cm³/mol. The van der Waals surface area contributed by atoms with Crippen molar-refractivity contribution in [2.45, 2.75) is 105 Å². The molecule has 0 saturated carbocycles. The third kappa shape index (κ3) is 6.86. The number of nitrogens with zero attached hydrogens (tertiary/aromatic N) is 4. The number of unbranched alkanes of at least 4 members (excludes halogenated alkanes) is 1. The topological polar surface area (TPSA) is 44.9 Å². The number of ether oxygens (including phenoxy) is 1. The van der Waals surface area contributed by atoms with Crippen molar-refractivity contribution >= 4 is 27.4 Å². The summed E-state index contributed by atoms with van der Waals surface area (Å²) in [5, 5.41) is 7.79. The van der Waals surface area contributed by atoms with E-state index < -0.39 is 0 Å². The van der Waals surface area contributed by atoms with E-state index in [-0.39, 0.29) is 0 Å². The second-order valence-electron chi connectivity index (χ2n) is 15.0. The minimum Gasteiger partial charge on any atom is -0.457 e. The third-order valence-electron chi connectivity index (χ3n) is 10.9. The van der Waals surface area contributed by atoms with E-state index in [1.54, 1.807) is 0 Å². The molecule has 3 aromatic heterocycles. The first-order chi connectivity index (χ1) is 25.3. The van der Waals surface area contributed by atoms with E-state index in [2.05, 4.69) is 136 Å². The Labute approximate surface area is 310 Å². The van der Waals surface area contributed by atoms with Crippen LogP contribution < -0.4 is 4.74 Å². The average Bonchev–Trinajstić information content (AvgIpc) is 3.66. The van der Waals surface area contributed by atoms with Crippen LogP contribution in [0, 0.1) is 5.92 Å². The van der Waals surface area contributed by atoms with Gasteiger partial charge in [0.25, 0.3) is 0 Å². The zero-order chi connectivity index (χ0) is 36.4. The lowest BCUT2D eigenvalue weighted by Gasteiger charge is -2.30. The van der Waals surface area contributed by atoms with Crippen LogP contribution in [0.25, 0.3) is 38.9 Å². The Kier molecular flexibility index (Phi) is 10.5. The molecule has 0 spiro atoms. The van der Waals surface area contributed by atoms with Crippen molar-refractivity contribution in [1.82, 2.24) is 19.3 Å². The van der Waals surface area contributed by atoms with Gasteiger partial charge in [0.2, 0.25) is 0 Å². The number of allylic oxidation sites excluding steroid dienone is 3. The van der Waals surface area contributed by atoms with Crippen molar-refractivity contribution < 1.29 is 4.74 Å². The second-order valence-corrected chi connectivity index (χ2v) is 15.0. The quantitative estimate of drug-likeness (QED) is 0.113. The van der Waals surface area contributed by atoms with Gasteiger partial charge in [0.05, 0.1) is 22.4 Å². The molecule has 0 bridgehead atoms. The van der Waals surface area contributed by atoms with E-state index >= 15 is 0 Å². The number of rotatable bonds is 13. The fraction of sp³-hybridized carbons (Fsp3) is 0.362. The van der Waals surface area contributed by atoms with Crippen LogP contribution >= 0.6 is 0 Å². The molecule has 3 aromatic carbocycles. The summed E-state index contributed by atoms with van der Waals surface area (Å²) in [6.45, 7) is 17.9. The van der Waals surface area contributed by atoms with Gasteiger partial charge in [-0.25, -0.2) is 9.67 Å². The zero-order valence-corrected chi connectivity index (χ0v) is 32.0. The van der Waals surface area contributed by atoms with Crippen LogP contribution in [0.15, 0.2) is 97.2 Å². The van der Waals surface area contributed by atoms with Crippen LogP contribution in [0.2, 0.25) is 0 Å². The van der Waals surface area contributed by atoms with Gasteiger partial charge in [-0.3, -0.25) is 4.57 Å². The summed E-state index contributed by atoms with van der Waals surface area (Å²) < 4.78 is 11.3. The molecule has 52 heavy (non-hydrogen) atoms. The lowest BCUT2D eigenvalue weighted by Crippen LogP contribution is -2.18. The minimum atomic E-state index is 0.408. The molecule has 7 rings (SSSR count). The zero-order valence-electron chi connectivity index (χ0n) is 32.0. The molecule has 1 aliphatic carbocycles. The summed E-state index contributed by atoms with van der Waals surface area (Å²) in [7, 11) is 0. The van der Waals surface area contributed by atoms with Crippen LogP contribution in [0.5, 0.6) is 11.5 Å². The summed E-state index contributed by atoms with van der Waals surface area (Å²) in [5.41, 5.74) is 12.1. The van der Waals surface area contributed by atoms with Crippen LogP contribution in [0.3, 0.4) is 0 Å². The van der Waals surface area contributed by atoms with Gasteiger partial charge in [0.15, 0.2) is 0 Å². The number of pyridine rings is 1. The average molecular weight is 691 g/mol. The Morgan fingerprint density at radius 1 is 0.865 bits per heavy atom. The number of hydrogen-bond donors (Lipinski definition) is 0. The van der Waals surface area contributed by atoms with Gasteiger partial charge in [-0.1, -0.05) is 89.0 Å². The summed E-state index contributed by atoms with van der Waals surface area (Å²) in [5.74, 6) is 3.49. The molecule has 0 saturated heterocycles. The molecule has 0 aliphatic heterocycles. The molecule has 6 aromatic rings. The molecule has 5 nitrogen and oxygen atoms in total. The summed E-state index contributed by atoms with van der Waals surface area (Å²) in [6, 6.07) is 25.9. The Hall–Kier alpha value is -4.90. The highest BCUT2D eigenvalue weighted by Crippen LogP contribution is 2.43. The third-order valence-corrected chi connectivity index (χ3v) is 10.9. The summed E-state index contributed by atoms with van der Waals surface area (Å²) >= 11 is 0. The van der Waals surface area contributed by atoms with E-state index in [0.717, 1.165) is 83.7 Å². The minimum absolute atomic E-state index is 0.408. The van der Waals surface area contributed by atoms with E-state index in [1.807, 2.05) is 6.20 Å². The van der Waals surface area contributed by atoms with Crippen molar-refractivity contribution in [2.75, 3.05) is 0 Å². The number of benzene rings is 3. The highest BCUT2D eigenvalue weighted by molar-refractivity contribution is 6.09. The van der Waals surface area contributed by atoms with Gasteiger partial charge in [-0.05, 0) is 112 Å². The maximum Gasteiger partial charge on any atom is 0.137 e. The normalized spacial score (nSPS) is 16.1. The number of aromatic nitrogens is 4. The Morgan fingerprint density at radius 2 is 1.67 bits per heavy atom. The van der Waals surface area contributed by atoms with Gasteiger partial charge < -0.3 is 4.74 Å². The van der Waals surface area contributed by atoms with E-state index in [9.17, 15) is 0 Å². The predicted octanol–water partition coefficient (Wildman–Crippen LogP) is 12.9. The first-order valence-corrected chi connectivity index (χ1v) is 19.6. The smallest absolute Gasteiger partial charge is 0.137 e. The van der Waals surface area contributed by atoms with Crippen molar-refractivity contribution in [3.63, 3.8) is 0 Å². The maximum absolute atomic E-state index is 6.81.